The zero-order chi connectivity index (χ0) is 20.3. The number of halogens is 1. The number of nitrogens with one attached hydrogen (secondary N) is 1. The summed E-state index contributed by atoms with van der Waals surface area (Å²) in [4.78, 5) is 40.7. The van der Waals surface area contributed by atoms with Crippen LogP contribution in [0.4, 0.5) is 11.4 Å². The number of nitrogens with zero attached hydrogens (tertiary/aromatic N) is 1. The normalized spacial score (nSPS) is 27.4. The van der Waals surface area contributed by atoms with E-state index in [1.807, 2.05) is 13.0 Å². The molecule has 2 saturated carbocycles. The molecule has 148 valence electrons. The van der Waals surface area contributed by atoms with Gasteiger partial charge in [-0.1, -0.05) is 29.8 Å². The number of hydrogen-bond acceptors (Lipinski definition) is 3. The van der Waals surface area contributed by atoms with E-state index >= 15 is 0 Å². The summed E-state index contributed by atoms with van der Waals surface area (Å²) in [6.45, 7) is 1.88. The minimum Gasteiger partial charge on any atom is -0.322 e. The number of benzene rings is 2. The van der Waals surface area contributed by atoms with Gasteiger partial charge < -0.3 is 5.32 Å². The van der Waals surface area contributed by atoms with Crippen molar-refractivity contribution in [3.05, 3.63) is 58.6 Å². The minimum atomic E-state index is -0.369. The summed E-state index contributed by atoms with van der Waals surface area (Å²) in [7, 11) is 0. The van der Waals surface area contributed by atoms with Crippen molar-refractivity contribution in [3.63, 3.8) is 0 Å². The maximum atomic E-state index is 13.2. The summed E-state index contributed by atoms with van der Waals surface area (Å²) in [6.07, 6.45) is 3.03. The Labute approximate surface area is 174 Å². The fourth-order valence-corrected chi connectivity index (χ4v) is 5.60. The Kier molecular flexibility index (Phi) is 4.24. The molecule has 2 aromatic rings. The van der Waals surface area contributed by atoms with Crippen LogP contribution in [0.3, 0.4) is 0 Å². The van der Waals surface area contributed by atoms with Crippen molar-refractivity contribution in [2.75, 3.05) is 10.2 Å². The zero-order valence-electron chi connectivity index (χ0n) is 16.0. The number of anilines is 2. The van der Waals surface area contributed by atoms with Gasteiger partial charge in [-0.2, -0.15) is 0 Å². The quantitative estimate of drug-likeness (QED) is 0.763. The molecule has 0 spiro atoms. The molecular weight excluding hydrogens is 388 g/mol. The smallest absolute Gasteiger partial charge is 0.257 e. The summed E-state index contributed by atoms with van der Waals surface area (Å²) >= 11 is 6.06. The average Bonchev–Trinajstić information content (AvgIpc) is 3.38. The molecule has 4 atom stereocenters. The lowest BCUT2D eigenvalue weighted by molar-refractivity contribution is -0.123. The van der Waals surface area contributed by atoms with Crippen molar-refractivity contribution in [3.8, 4) is 0 Å². The van der Waals surface area contributed by atoms with E-state index in [2.05, 4.69) is 5.32 Å². The monoisotopic (exact) mass is 408 g/mol. The maximum absolute atomic E-state index is 13.2. The molecule has 0 unspecified atom stereocenters. The van der Waals surface area contributed by atoms with Crippen molar-refractivity contribution in [1.82, 2.24) is 0 Å². The molecule has 6 heteroatoms. The number of imide groups is 1. The van der Waals surface area contributed by atoms with E-state index in [9.17, 15) is 14.4 Å². The molecule has 5 nitrogen and oxygen atoms in total. The van der Waals surface area contributed by atoms with Gasteiger partial charge in [-0.25, -0.2) is 4.90 Å². The lowest BCUT2D eigenvalue weighted by Crippen LogP contribution is -2.34. The van der Waals surface area contributed by atoms with Crippen LogP contribution in [0.2, 0.25) is 5.02 Å². The van der Waals surface area contributed by atoms with Gasteiger partial charge in [0.2, 0.25) is 11.8 Å². The van der Waals surface area contributed by atoms with Gasteiger partial charge in [0.1, 0.15) is 0 Å². The number of aryl methyl sites for hydroxylation is 1. The molecular formula is C23H21ClN2O3. The first-order valence-corrected chi connectivity index (χ1v) is 10.4. The molecule has 2 aromatic carbocycles. The highest BCUT2D eigenvalue weighted by Gasteiger charge is 2.61. The first-order valence-electron chi connectivity index (χ1n) is 10.00. The molecule has 3 fully saturated rings. The Morgan fingerprint density at radius 1 is 1.03 bits per heavy atom. The first kappa shape index (κ1) is 18.4. The van der Waals surface area contributed by atoms with Crippen LogP contribution in [-0.2, 0) is 9.59 Å². The predicted octanol–water partition coefficient (Wildman–Crippen LogP) is 4.44. The van der Waals surface area contributed by atoms with E-state index in [-0.39, 0.29) is 29.6 Å². The molecule has 0 aromatic heterocycles. The number of amides is 3. The molecule has 3 amide bonds. The molecule has 1 saturated heterocycles. The molecule has 5 rings (SSSR count). The molecule has 2 bridgehead atoms. The Morgan fingerprint density at radius 2 is 1.69 bits per heavy atom. The van der Waals surface area contributed by atoms with Gasteiger partial charge in [0.05, 0.1) is 23.1 Å². The van der Waals surface area contributed by atoms with Crippen LogP contribution in [0, 0.1) is 30.6 Å². The second kappa shape index (κ2) is 6.70. The van der Waals surface area contributed by atoms with Crippen LogP contribution in [0.25, 0.3) is 0 Å². The van der Waals surface area contributed by atoms with Crippen molar-refractivity contribution in [2.24, 2.45) is 23.7 Å². The van der Waals surface area contributed by atoms with E-state index in [1.54, 1.807) is 36.4 Å². The van der Waals surface area contributed by atoms with Crippen LogP contribution < -0.4 is 10.2 Å². The van der Waals surface area contributed by atoms with Crippen molar-refractivity contribution < 1.29 is 14.4 Å². The maximum Gasteiger partial charge on any atom is 0.257 e. The Hall–Kier alpha value is -2.66. The van der Waals surface area contributed by atoms with Crippen LogP contribution >= 0.6 is 11.6 Å². The number of hydrogen-bond donors (Lipinski definition) is 1. The van der Waals surface area contributed by atoms with Gasteiger partial charge in [0, 0.05) is 10.7 Å². The Bertz CT molecular complexity index is 1020. The fraction of sp³-hybridized carbons (Fsp3) is 0.348. The lowest BCUT2D eigenvalue weighted by Gasteiger charge is -2.20. The van der Waals surface area contributed by atoms with Crippen LogP contribution in [-0.4, -0.2) is 17.7 Å². The molecule has 1 heterocycles. The van der Waals surface area contributed by atoms with Crippen molar-refractivity contribution >= 4 is 40.7 Å². The lowest BCUT2D eigenvalue weighted by atomic mass is 9.81. The third kappa shape index (κ3) is 2.79. The SMILES string of the molecule is Cc1ccc(Cl)cc1NC(=O)c1ccccc1N1C(=O)[C@H]2[C@@H]3CC[C@@H](C3)[C@@H]2C1=O. The number of carbonyl (C=O) groups is 3. The topological polar surface area (TPSA) is 66.5 Å². The number of carbonyl (C=O) groups excluding carboxylic acids is 3. The van der Waals surface area contributed by atoms with Crippen molar-refractivity contribution in [1.29, 1.82) is 0 Å². The summed E-state index contributed by atoms with van der Waals surface area (Å²) in [6, 6.07) is 12.1. The van der Waals surface area contributed by atoms with E-state index in [0.717, 1.165) is 24.8 Å². The third-order valence-corrected chi connectivity index (χ3v) is 7.00. The first-order chi connectivity index (χ1) is 14.0. The van der Waals surface area contributed by atoms with Crippen molar-refractivity contribution in [2.45, 2.75) is 26.2 Å². The largest absolute Gasteiger partial charge is 0.322 e. The van der Waals surface area contributed by atoms with Gasteiger partial charge in [-0.15, -0.1) is 0 Å². The van der Waals surface area contributed by atoms with Gasteiger partial charge in [0.15, 0.2) is 0 Å². The molecule has 0 radical (unpaired) electrons. The summed E-state index contributed by atoms with van der Waals surface area (Å²) in [5.74, 6) is -0.479. The second-order valence-corrected chi connectivity index (χ2v) is 8.76. The van der Waals surface area contributed by atoms with Gasteiger partial charge in [-0.05, 0) is 67.9 Å². The number of rotatable bonds is 3. The molecule has 2 aliphatic carbocycles. The Morgan fingerprint density at radius 3 is 2.38 bits per heavy atom. The van der Waals surface area contributed by atoms with E-state index in [0.29, 0.717) is 33.8 Å². The molecule has 29 heavy (non-hydrogen) atoms. The highest BCUT2D eigenvalue weighted by molar-refractivity contribution is 6.31. The zero-order valence-corrected chi connectivity index (χ0v) is 16.8. The predicted molar refractivity (Wildman–Crippen MR) is 111 cm³/mol. The minimum absolute atomic E-state index is 0.147. The standard InChI is InChI=1S/C23H21ClN2O3/c1-12-6-9-15(24)11-17(12)25-21(27)16-4-2-3-5-18(16)26-22(28)19-13-7-8-14(10-13)20(19)23(26)29/h2-6,9,11,13-14,19-20H,7-8,10H2,1H3,(H,25,27)/t13-,14+,19-,20-/m0/s1. The van der Waals surface area contributed by atoms with Crippen LogP contribution in [0.5, 0.6) is 0 Å². The average molecular weight is 409 g/mol. The third-order valence-electron chi connectivity index (χ3n) is 6.76. The van der Waals surface area contributed by atoms with Gasteiger partial charge >= 0.3 is 0 Å². The van der Waals surface area contributed by atoms with E-state index < -0.39 is 0 Å². The highest BCUT2D eigenvalue weighted by Crippen LogP contribution is 2.56. The second-order valence-electron chi connectivity index (χ2n) is 8.33. The highest BCUT2D eigenvalue weighted by atomic mass is 35.5. The summed E-state index contributed by atoms with van der Waals surface area (Å²) in [5.41, 5.74) is 2.15. The number of fused-ring (bicyclic) bond motifs is 5. The van der Waals surface area contributed by atoms with E-state index in [1.165, 1.54) is 4.90 Å². The molecule has 3 aliphatic rings. The molecule has 1 N–H and O–H groups in total. The number of para-hydroxylation sites is 1. The van der Waals surface area contributed by atoms with Gasteiger partial charge in [-0.3, -0.25) is 14.4 Å². The van der Waals surface area contributed by atoms with Crippen LogP contribution in [0.1, 0.15) is 35.2 Å². The summed E-state index contributed by atoms with van der Waals surface area (Å²) < 4.78 is 0. The molecule has 1 aliphatic heterocycles. The Balaban J connectivity index is 1.49. The van der Waals surface area contributed by atoms with E-state index in [4.69, 9.17) is 11.6 Å². The summed E-state index contributed by atoms with van der Waals surface area (Å²) in [5, 5.41) is 3.39. The van der Waals surface area contributed by atoms with Gasteiger partial charge in [0.25, 0.3) is 5.91 Å². The van der Waals surface area contributed by atoms with Crippen LogP contribution in [0.15, 0.2) is 42.5 Å². The fourth-order valence-electron chi connectivity index (χ4n) is 5.43.